The van der Waals surface area contributed by atoms with Crippen molar-refractivity contribution in [2.24, 2.45) is 0 Å². The second-order valence-electron chi connectivity index (χ2n) is 5.20. The van der Waals surface area contributed by atoms with Gasteiger partial charge in [-0.15, -0.1) is 0 Å². The summed E-state index contributed by atoms with van der Waals surface area (Å²) >= 11 is 0. The lowest BCUT2D eigenvalue weighted by Crippen LogP contribution is -2.26. The molecular weight excluding hydrogens is 312 g/mol. The molecule has 0 aliphatic carbocycles. The quantitative estimate of drug-likeness (QED) is 0.915. The van der Waals surface area contributed by atoms with E-state index >= 15 is 0 Å². The van der Waals surface area contributed by atoms with Crippen molar-refractivity contribution in [1.82, 2.24) is 0 Å². The summed E-state index contributed by atoms with van der Waals surface area (Å²) in [6.45, 7) is 3.45. The summed E-state index contributed by atoms with van der Waals surface area (Å²) in [6.07, 6.45) is 0.904. The predicted octanol–water partition coefficient (Wildman–Crippen LogP) is 3.03. The summed E-state index contributed by atoms with van der Waals surface area (Å²) in [7, 11) is -2.11. The number of amides is 1. The third-order valence-corrected chi connectivity index (χ3v) is 5.34. The molecule has 0 unspecified atom stereocenters. The molecule has 2 aromatic rings. The topological polar surface area (TPSA) is 66.5 Å². The van der Waals surface area contributed by atoms with Crippen molar-refractivity contribution in [1.29, 1.82) is 0 Å². The Kier molecular flexibility index (Phi) is 5.05. The fourth-order valence-corrected chi connectivity index (χ4v) is 3.35. The van der Waals surface area contributed by atoms with Crippen LogP contribution in [-0.4, -0.2) is 21.4 Å². The second kappa shape index (κ2) is 6.83. The molecular formula is C17H20N2O3S. The predicted molar refractivity (Wildman–Crippen MR) is 92.2 cm³/mol. The summed E-state index contributed by atoms with van der Waals surface area (Å²) in [5.74, 6) is -0.200. The fraction of sp³-hybridized carbons (Fsp3) is 0.235. The van der Waals surface area contributed by atoms with Crippen LogP contribution in [0.5, 0.6) is 0 Å². The van der Waals surface area contributed by atoms with Gasteiger partial charge in [0.25, 0.3) is 10.0 Å². The van der Waals surface area contributed by atoms with Crippen LogP contribution in [0.25, 0.3) is 0 Å². The van der Waals surface area contributed by atoms with Gasteiger partial charge >= 0.3 is 0 Å². The smallest absolute Gasteiger partial charge is 0.264 e. The molecule has 5 nitrogen and oxygen atoms in total. The molecule has 0 bridgehead atoms. The minimum Gasteiger partial charge on any atom is -0.326 e. The second-order valence-corrected chi connectivity index (χ2v) is 7.17. The summed E-state index contributed by atoms with van der Waals surface area (Å²) < 4.78 is 26.6. The number of aryl methyl sites for hydroxylation is 1. The minimum atomic E-state index is -3.64. The molecule has 2 rings (SSSR count). The molecule has 0 fully saturated rings. The van der Waals surface area contributed by atoms with Crippen molar-refractivity contribution in [2.75, 3.05) is 16.7 Å². The van der Waals surface area contributed by atoms with Crippen molar-refractivity contribution in [2.45, 2.75) is 25.2 Å². The van der Waals surface area contributed by atoms with E-state index in [2.05, 4.69) is 5.32 Å². The first-order chi connectivity index (χ1) is 10.8. The zero-order valence-electron chi connectivity index (χ0n) is 13.4. The van der Waals surface area contributed by atoms with Gasteiger partial charge < -0.3 is 5.32 Å². The zero-order chi connectivity index (χ0) is 17.0. The maximum absolute atomic E-state index is 12.7. The highest BCUT2D eigenvalue weighted by Crippen LogP contribution is 2.23. The monoisotopic (exact) mass is 332 g/mol. The number of carbonyl (C=O) groups is 1. The average Bonchev–Trinajstić information content (AvgIpc) is 2.54. The highest BCUT2D eigenvalue weighted by molar-refractivity contribution is 7.92. The van der Waals surface area contributed by atoms with Gasteiger partial charge in [-0.3, -0.25) is 9.10 Å². The van der Waals surface area contributed by atoms with Crippen LogP contribution in [-0.2, 0) is 21.2 Å². The van der Waals surface area contributed by atoms with Crippen molar-refractivity contribution in [3.8, 4) is 0 Å². The van der Waals surface area contributed by atoms with Gasteiger partial charge in [0.15, 0.2) is 0 Å². The first-order valence-electron chi connectivity index (χ1n) is 7.30. The molecule has 0 saturated heterocycles. The summed E-state index contributed by atoms with van der Waals surface area (Å²) in [5.41, 5.74) is 2.32. The Morgan fingerprint density at radius 2 is 1.61 bits per heavy atom. The SMILES string of the molecule is CCc1ccc(N(C)S(=O)(=O)c2ccc(NC(C)=O)cc2)cc1. The maximum atomic E-state index is 12.7. The lowest BCUT2D eigenvalue weighted by atomic mass is 10.1. The van der Waals surface area contributed by atoms with E-state index in [0.717, 1.165) is 12.0 Å². The van der Waals surface area contributed by atoms with Crippen LogP contribution in [0, 0.1) is 0 Å². The number of benzene rings is 2. The van der Waals surface area contributed by atoms with Crippen LogP contribution >= 0.6 is 0 Å². The van der Waals surface area contributed by atoms with Crippen LogP contribution in [0.15, 0.2) is 53.4 Å². The van der Waals surface area contributed by atoms with Crippen LogP contribution < -0.4 is 9.62 Å². The van der Waals surface area contributed by atoms with E-state index in [0.29, 0.717) is 11.4 Å². The van der Waals surface area contributed by atoms with E-state index in [9.17, 15) is 13.2 Å². The molecule has 6 heteroatoms. The third kappa shape index (κ3) is 3.90. The highest BCUT2D eigenvalue weighted by Gasteiger charge is 2.21. The summed E-state index contributed by atoms with van der Waals surface area (Å²) in [4.78, 5) is 11.2. The van der Waals surface area contributed by atoms with Gasteiger partial charge in [0.05, 0.1) is 10.6 Å². The Hall–Kier alpha value is -2.34. The molecule has 0 saturated carbocycles. The van der Waals surface area contributed by atoms with Gasteiger partial charge in [0, 0.05) is 19.7 Å². The van der Waals surface area contributed by atoms with Crippen LogP contribution in [0.2, 0.25) is 0 Å². The summed E-state index contributed by atoms with van der Waals surface area (Å²) in [5, 5.41) is 2.61. The normalized spacial score (nSPS) is 11.1. The molecule has 0 spiro atoms. The number of nitrogens with zero attached hydrogens (tertiary/aromatic N) is 1. The Morgan fingerprint density at radius 3 is 2.09 bits per heavy atom. The number of anilines is 2. The molecule has 122 valence electrons. The minimum absolute atomic E-state index is 0.175. The molecule has 0 heterocycles. The van der Waals surface area contributed by atoms with Crippen molar-refractivity contribution < 1.29 is 13.2 Å². The standard InChI is InChI=1S/C17H20N2O3S/c1-4-14-5-9-16(10-6-14)19(3)23(21,22)17-11-7-15(8-12-17)18-13(2)20/h5-12H,4H2,1-3H3,(H,18,20). The molecule has 0 radical (unpaired) electrons. The summed E-state index contributed by atoms with van der Waals surface area (Å²) in [6, 6.07) is 13.5. The average molecular weight is 332 g/mol. The van der Waals surface area contributed by atoms with Crippen molar-refractivity contribution >= 4 is 27.3 Å². The fourth-order valence-electron chi connectivity index (χ4n) is 2.15. The van der Waals surface area contributed by atoms with Gasteiger partial charge in [0.1, 0.15) is 0 Å². The van der Waals surface area contributed by atoms with E-state index in [1.165, 1.54) is 30.4 Å². The van der Waals surface area contributed by atoms with E-state index in [-0.39, 0.29) is 10.8 Å². The Labute approximate surface area is 137 Å². The van der Waals surface area contributed by atoms with Gasteiger partial charge in [-0.05, 0) is 48.4 Å². The van der Waals surface area contributed by atoms with E-state index in [4.69, 9.17) is 0 Å². The lowest BCUT2D eigenvalue weighted by Gasteiger charge is -2.20. The number of rotatable bonds is 5. The number of hydrogen-bond acceptors (Lipinski definition) is 3. The van der Waals surface area contributed by atoms with Crippen molar-refractivity contribution in [3.05, 3.63) is 54.1 Å². The van der Waals surface area contributed by atoms with E-state index in [1.54, 1.807) is 24.3 Å². The molecule has 0 aromatic heterocycles. The molecule has 0 aliphatic rings. The maximum Gasteiger partial charge on any atom is 0.264 e. The van der Waals surface area contributed by atoms with Gasteiger partial charge in [0.2, 0.25) is 5.91 Å². The Morgan fingerprint density at radius 1 is 1.04 bits per heavy atom. The van der Waals surface area contributed by atoms with Crippen molar-refractivity contribution in [3.63, 3.8) is 0 Å². The Bertz CT molecular complexity index is 782. The third-order valence-electron chi connectivity index (χ3n) is 3.54. The number of carbonyl (C=O) groups excluding carboxylic acids is 1. The zero-order valence-corrected chi connectivity index (χ0v) is 14.2. The number of nitrogens with one attached hydrogen (secondary N) is 1. The van der Waals surface area contributed by atoms with Gasteiger partial charge in [-0.1, -0.05) is 19.1 Å². The highest BCUT2D eigenvalue weighted by atomic mass is 32.2. The van der Waals surface area contributed by atoms with E-state index < -0.39 is 10.0 Å². The first kappa shape index (κ1) is 17.0. The van der Waals surface area contributed by atoms with E-state index in [1.807, 2.05) is 19.1 Å². The van der Waals surface area contributed by atoms with Crippen LogP contribution in [0.3, 0.4) is 0 Å². The molecule has 23 heavy (non-hydrogen) atoms. The van der Waals surface area contributed by atoms with Gasteiger partial charge in [-0.2, -0.15) is 0 Å². The Balaban J connectivity index is 2.27. The van der Waals surface area contributed by atoms with Crippen LogP contribution in [0.1, 0.15) is 19.4 Å². The molecule has 1 amide bonds. The molecule has 2 aromatic carbocycles. The lowest BCUT2D eigenvalue weighted by molar-refractivity contribution is -0.114. The molecule has 0 atom stereocenters. The van der Waals surface area contributed by atoms with Crippen LogP contribution in [0.4, 0.5) is 11.4 Å². The number of hydrogen-bond donors (Lipinski definition) is 1. The number of sulfonamides is 1. The van der Waals surface area contributed by atoms with Gasteiger partial charge in [-0.25, -0.2) is 8.42 Å². The molecule has 0 aliphatic heterocycles. The largest absolute Gasteiger partial charge is 0.326 e. The molecule has 1 N–H and O–H groups in total. The first-order valence-corrected chi connectivity index (χ1v) is 8.74.